The molecule has 5 rings (SSSR count). The molecule has 1 heterocycles. The maximum atomic E-state index is 13.5. The molecule has 0 amide bonds. The highest BCUT2D eigenvalue weighted by molar-refractivity contribution is 7.45. The summed E-state index contributed by atoms with van der Waals surface area (Å²) < 4.78 is 75.3. The summed E-state index contributed by atoms with van der Waals surface area (Å²) in [5.74, 6) is -0.944. The van der Waals surface area contributed by atoms with Crippen LogP contribution >= 0.6 is 7.82 Å². The molecule has 7 unspecified atom stereocenters. The van der Waals surface area contributed by atoms with Crippen LogP contribution in [0.5, 0.6) is 0 Å². The Morgan fingerprint density at radius 2 is 0.784 bits per heavy atom. The fraction of sp³-hybridized carbons (Fsp3) is 0.679. The molecule has 16 heteroatoms. The summed E-state index contributed by atoms with van der Waals surface area (Å²) in [4.78, 5) is 41.4. The molecule has 1 aliphatic heterocycles. The molecule has 1 N–H and O–H groups in total. The predicted molar refractivity (Wildman–Crippen MR) is 388 cm³/mol. The van der Waals surface area contributed by atoms with Gasteiger partial charge in [0.05, 0.1) is 72.5 Å². The summed E-state index contributed by atoms with van der Waals surface area (Å²) in [5.41, 5.74) is 3.78. The molecule has 7 atom stereocenters. The number of ether oxygens (including phenoxy) is 8. The van der Waals surface area contributed by atoms with E-state index in [9.17, 15) is 19.0 Å². The molecule has 4 aromatic rings. The lowest BCUT2D eigenvalue weighted by molar-refractivity contribution is -0.894. The molecule has 1 saturated heterocycles. The van der Waals surface area contributed by atoms with Crippen molar-refractivity contribution in [2.75, 3.05) is 52.7 Å². The van der Waals surface area contributed by atoms with Gasteiger partial charge in [0.2, 0.25) is 0 Å². The summed E-state index contributed by atoms with van der Waals surface area (Å²) in [6.45, 7) is 14.4. The van der Waals surface area contributed by atoms with Crippen molar-refractivity contribution in [3.63, 3.8) is 0 Å². The molecule has 0 saturated carbocycles. The van der Waals surface area contributed by atoms with Crippen molar-refractivity contribution >= 4 is 19.8 Å². The second-order valence-corrected chi connectivity index (χ2v) is 27.7. The van der Waals surface area contributed by atoms with Crippen molar-refractivity contribution in [1.29, 1.82) is 0 Å². The molecule has 4 aromatic carbocycles. The van der Waals surface area contributed by atoms with E-state index < -0.39 is 69.8 Å². The quantitative estimate of drug-likeness (QED) is 0.0251. The first-order chi connectivity index (χ1) is 47.6. The Bertz CT molecular complexity index is 2490. The van der Waals surface area contributed by atoms with Gasteiger partial charge in [-0.3, -0.25) is 14.2 Å². The van der Waals surface area contributed by atoms with Gasteiger partial charge in [0.1, 0.15) is 31.0 Å². The van der Waals surface area contributed by atoms with E-state index in [1.807, 2.05) is 121 Å². The topological polar surface area (TPSA) is 171 Å². The third kappa shape index (κ3) is 42.5. The van der Waals surface area contributed by atoms with Gasteiger partial charge in [0.15, 0.2) is 12.4 Å². The first kappa shape index (κ1) is 85.1. The van der Waals surface area contributed by atoms with Gasteiger partial charge in [-0.15, -0.1) is 0 Å². The summed E-state index contributed by atoms with van der Waals surface area (Å²) in [6.07, 6.45) is 31.3. The van der Waals surface area contributed by atoms with Crippen molar-refractivity contribution in [1.82, 2.24) is 0 Å². The molecule has 0 aliphatic carbocycles. The number of benzene rings is 4. The number of phosphoric ester groups is 1. The van der Waals surface area contributed by atoms with E-state index in [0.717, 1.165) is 60.8 Å². The van der Waals surface area contributed by atoms with Crippen LogP contribution in [0.15, 0.2) is 121 Å². The summed E-state index contributed by atoms with van der Waals surface area (Å²) in [7, 11) is -5.03. The van der Waals surface area contributed by atoms with E-state index in [1.54, 1.807) is 4.90 Å². The normalized spacial score (nSPS) is 17.1. The number of nitrogens with one attached hydrogen (secondary N) is 1. The standard InChI is InChI=1S/C75H115O14P.C6H15N/c1-3-5-7-9-11-13-15-17-19-21-23-25-27-29-43-53-70(76)82-61-68(88-71(77)54-44-30-28-26-24-22-20-18-16-14-12-10-8-6-4-2)62-87-90(78,79)86-56-55-81-75-74(85-60-67-51-41-34-42-52-67)73(84-59-66-49-39-33-40-50-66)72(83-58-65-47-37-32-38-48-65)69(89-75)63-80-57-64-45-35-31-36-46-64;1-4-7(5-2)6-3/h31-42,45-52,68-69,72-75H,3-30,43-44,53-63H2,1-2H3,(H,78,79);4-6H2,1-3H3. The number of carbonyl (C=O) groups is 2. The van der Waals surface area contributed by atoms with Crippen molar-refractivity contribution < 1.29 is 70.9 Å². The highest BCUT2D eigenvalue weighted by Gasteiger charge is 2.49. The van der Waals surface area contributed by atoms with Crippen LogP contribution in [-0.4, -0.2) is 101 Å². The zero-order valence-electron chi connectivity index (χ0n) is 60.8. The number of carbonyl (C=O) groups excluding carboxylic acids is 2. The maximum Gasteiger partial charge on any atom is 0.306 e. The minimum absolute atomic E-state index is 0.102. The molecule has 0 bridgehead atoms. The monoisotopic (exact) mass is 1370 g/mol. The Morgan fingerprint density at radius 3 is 1.18 bits per heavy atom. The lowest BCUT2D eigenvalue weighted by atomic mass is 9.97. The fourth-order valence-electron chi connectivity index (χ4n) is 12.1. The average molecular weight is 1370 g/mol. The number of esters is 2. The van der Waals surface area contributed by atoms with Crippen LogP contribution in [-0.2, 0) is 87.5 Å². The van der Waals surface area contributed by atoms with E-state index in [4.69, 9.17) is 46.9 Å². The molecule has 0 radical (unpaired) electrons. The maximum absolute atomic E-state index is 13.5. The van der Waals surface area contributed by atoms with Crippen LogP contribution in [0.4, 0.5) is 0 Å². The Balaban J connectivity index is 0.00000270. The number of quaternary nitrogens is 1. The summed E-state index contributed by atoms with van der Waals surface area (Å²) in [5, 5.41) is 0. The Morgan fingerprint density at radius 1 is 0.423 bits per heavy atom. The van der Waals surface area contributed by atoms with E-state index in [1.165, 1.54) is 161 Å². The Hall–Kier alpha value is -4.35. The fourth-order valence-corrected chi connectivity index (χ4v) is 12.8. The third-order valence-electron chi connectivity index (χ3n) is 18.1. The zero-order chi connectivity index (χ0) is 69.3. The average Bonchev–Trinajstić information content (AvgIpc) is 0.804. The van der Waals surface area contributed by atoms with Crippen LogP contribution in [0.25, 0.3) is 0 Å². The van der Waals surface area contributed by atoms with Gasteiger partial charge in [-0.2, -0.15) is 0 Å². The summed E-state index contributed by atoms with van der Waals surface area (Å²) in [6, 6.07) is 39.2. The van der Waals surface area contributed by atoms with Gasteiger partial charge in [-0.05, 0) is 55.9 Å². The first-order valence-corrected chi connectivity index (χ1v) is 39.7. The van der Waals surface area contributed by atoms with E-state index in [2.05, 4.69) is 34.6 Å². The smallest absolute Gasteiger partial charge is 0.306 e. The number of unbranched alkanes of at least 4 members (excludes halogenated alkanes) is 28. The predicted octanol–water partition coefficient (Wildman–Crippen LogP) is 18.1. The molecule has 15 nitrogen and oxygen atoms in total. The van der Waals surface area contributed by atoms with Crippen LogP contribution < -0.4 is 9.79 Å². The largest absolute Gasteiger partial charge is 0.756 e. The molecule has 1 aliphatic rings. The highest BCUT2D eigenvalue weighted by atomic mass is 31.2. The number of phosphoric acid groups is 1. The van der Waals surface area contributed by atoms with Crippen LogP contribution in [0.3, 0.4) is 0 Å². The Kier molecular flexibility index (Phi) is 50.2. The molecule has 548 valence electrons. The van der Waals surface area contributed by atoms with Crippen LogP contribution in [0, 0.1) is 0 Å². The minimum Gasteiger partial charge on any atom is -0.756 e. The van der Waals surface area contributed by atoms with Crippen molar-refractivity contribution in [3.8, 4) is 0 Å². The number of rotatable bonds is 59. The van der Waals surface area contributed by atoms with Gasteiger partial charge < -0.3 is 56.7 Å². The van der Waals surface area contributed by atoms with E-state index >= 15 is 0 Å². The van der Waals surface area contributed by atoms with Gasteiger partial charge in [0, 0.05) is 12.8 Å². The third-order valence-corrected chi connectivity index (χ3v) is 19.0. The van der Waals surface area contributed by atoms with Gasteiger partial charge in [-0.1, -0.05) is 315 Å². The molecular weight excluding hydrogens is 1240 g/mol. The molecule has 0 spiro atoms. The van der Waals surface area contributed by atoms with Gasteiger partial charge in [0.25, 0.3) is 7.82 Å². The van der Waals surface area contributed by atoms with E-state index in [0.29, 0.717) is 19.4 Å². The van der Waals surface area contributed by atoms with Gasteiger partial charge in [-0.25, -0.2) is 0 Å². The number of hydrogen-bond acceptors (Lipinski definition) is 14. The van der Waals surface area contributed by atoms with Gasteiger partial charge >= 0.3 is 11.9 Å². The second-order valence-electron chi connectivity index (χ2n) is 26.3. The Labute approximate surface area is 587 Å². The van der Waals surface area contributed by atoms with E-state index in [-0.39, 0.29) is 52.5 Å². The molecule has 0 aromatic heterocycles. The zero-order valence-corrected chi connectivity index (χ0v) is 61.7. The molecule has 1 fully saturated rings. The van der Waals surface area contributed by atoms with Crippen molar-refractivity contribution in [2.45, 2.75) is 303 Å². The molecular formula is C81H130NO14P. The minimum atomic E-state index is -5.03. The van der Waals surface area contributed by atoms with Crippen LogP contribution in [0.1, 0.15) is 262 Å². The van der Waals surface area contributed by atoms with Crippen molar-refractivity contribution in [2.24, 2.45) is 0 Å². The first-order valence-electron chi connectivity index (χ1n) is 38.2. The highest BCUT2D eigenvalue weighted by Crippen LogP contribution is 2.39. The molecule has 97 heavy (non-hydrogen) atoms. The second kappa shape index (κ2) is 57.3. The lowest BCUT2D eigenvalue weighted by Crippen LogP contribution is -3.11. The lowest BCUT2D eigenvalue weighted by Gasteiger charge is -2.46. The van der Waals surface area contributed by atoms with Crippen molar-refractivity contribution in [3.05, 3.63) is 144 Å². The SMILES string of the molecule is CCCCCCCCCCCCCCCCCC(=O)OCC(COP(=O)([O-])OCCOC1OC(COCc2ccccc2)C(OCc2ccccc2)C(OCc2ccccc2)C1OCc1ccccc1)OC(=O)CCCCCCCCCCCCCCCCC.CC[NH+](CC)CC. The number of hydrogen-bond donors (Lipinski definition) is 1. The summed E-state index contributed by atoms with van der Waals surface area (Å²) >= 11 is 0. The van der Waals surface area contributed by atoms with Crippen LogP contribution in [0.2, 0.25) is 0 Å².